The number of carbonyl (C=O) groups excluding carboxylic acids is 3. The van der Waals surface area contributed by atoms with E-state index < -0.39 is 17.9 Å². The normalized spacial score (nSPS) is 11.3. The number of hydrogen-bond acceptors (Lipinski definition) is 3. The molecule has 1 atom stereocenters. The summed E-state index contributed by atoms with van der Waals surface area (Å²) in [6, 6.07) is 13.2. The van der Waals surface area contributed by atoms with Crippen LogP contribution in [0.2, 0.25) is 0 Å². The smallest absolute Gasteiger partial charge is 0.269 e. The van der Waals surface area contributed by atoms with Gasteiger partial charge in [0.15, 0.2) is 0 Å². The van der Waals surface area contributed by atoms with Crippen LogP contribution in [0.15, 0.2) is 48.5 Å². The number of rotatable bonds is 4. The second-order valence-electron chi connectivity index (χ2n) is 5.87. The minimum Gasteiger partial charge on any atom is -0.340 e. The Morgan fingerprint density at radius 3 is 2.12 bits per heavy atom. The lowest BCUT2D eigenvalue weighted by Crippen LogP contribution is -2.51. The Labute approximate surface area is 146 Å². The maximum Gasteiger partial charge on any atom is 0.269 e. The van der Waals surface area contributed by atoms with Gasteiger partial charge in [0.05, 0.1) is 0 Å². The van der Waals surface area contributed by atoms with Crippen molar-refractivity contribution in [2.45, 2.75) is 26.8 Å². The molecule has 0 saturated heterocycles. The van der Waals surface area contributed by atoms with E-state index in [4.69, 9.17) is 0 Å². The SMILES string of the molecule is Cc1ccc(C(=O)NNC(=O)[C@H](C)NC(=O)c2cccc(C)c2)cc1. The molecule has 0 radical (unpaired) electrons. The average Bonchev–Trinajstić information content (AvgIpc) is 2.59. The minimum absolute atomic E-state index is 0.351. The first kappa shape index (κ1) is 18.2. The van der Waals surface area contributed by atoms with Gasteiger partial charge in [-0.25, -0.2) is 0 Å². The number of aryl methyl sites for hydroxylation is 2. The fourth-order valence-corrected chi connectivity index (χ4v) is 2.14. The molecule has 130 valence electrons. The number of hydrogen-bond donors (Lipinski definition) is 3. The molecule has 2 aromatic rings. The second-order valence-corrected chi connectivity index (χ2v) is 5.87. The predicted octanol–water partition coefficient (Wildman–Crippen LogP) is 1.88. The molecule has 25 heavy (non-hydrogen) atoms. The van der Waals surface area contributed by atoms with E-state index in [0.717, 1.165) is 11.1 Å². The van der Waals surface area contributed by atoms with Gasteiger partial charge in [-0.05, 0) is 45.0 Å². The van der Waals surface area contributed by atoms with E-state index in [1.165, 1.54) is 0 Å². The zero-order valence-electron chi connectivity index (χ0n) is 14.4. The Morgan fingerprint density at radius 2 is 1.48 bits per heavy atom. The summed E-state index contributed by atoms with van der Waals surface area (Å²) in [4.78, 5) is 36.1. The summed E-state index contributed by atoms with van der Waals surface area (Å²) in [7, 11) is 0. The maximum atomic E-state index is 12.1. The lowest BCUT2D eigenvalue weighted by Gasteiger charge is -2.15. The van der Waals surface area contributed by atoms with Crippen molar-refractivity contribution in [3.63, 3.8) is 0 Å². The van der Waals surface area contributed by atoms with Crippen LogP contribution in [0.5, 0.6) is 0 Å². The zero-order chi connectivity index (χ0) is 18.4. The quantitative estimate of drug-likeness (QED) is 0.743. The number of nitrogens with one attached hydrogen (secondary N) is 3. The predicted molar refractivity (Wildman–Crippen MR) is 94.9 cm³/mol. The zero-order valence-corrected chi connectivity index (χ0v) is 14.4. The van der Waals surface area contributed by atoms with Crippen LogP contribution in [0.25, 0.3) is 0 Å². The summed E-state index contributed by atoms with van der Waals surface area (Å²) >= 11 is 0. The molecule has 0 fully saturated rings. The highest BCUT2D eigenvalue weighted by molar-refractivity contribution is 5.99. The van der Waals surface area contributed by atoms with Crippen LogP contribution >= 0.6 is 0 Å². The first-order valence-corrected chi connectivity index (χ1v) is 7.91. The minimum atomic E-state index is -0.800. The van der Waals surface area contributed by atoms with Gasteiger partial charge in [-0.2, -0.15) is 0 Å². The van der Waals surface area contributed by atoms with Crippen molar-refractivity contribution < 1.29 is 14.4 Å². The molecule has 0 heterocycles. The largest absolute Gasteiger partial charge is 0.340 e. The van der Waals surface area contributed by atoms with Crippen molar-refractivity contribution in [3.8, 4) is 0 Å². The molecule has 0 saturated carbocycles. The summed E-state index contributed by atoms with van der Waals surface area (Å²) in [5.74, 6) is -1.29. The lowest BCUT2D eigenvalue weighted by atomic mass is 10.1. The van der Waals surface area contributed by atoms with Crippen LogP contribution in [-0.2, 0) is 4.79 Å². The number of amides is 3. The molecule has 3 amide bonds. The van der Waals surface area contributed by atoms with E-state index in [2.05, 4.69) is 16.2 Å². The fourth-order valence-electron chi connectivity index (χ4n) is 2.14. The first-order valence-electron chi connectivity index (χ1n) is 7.91. The van der Waals surface area contributed by atoms with Crippen molar-refractivity contribution in [2.24, 2.45) is 0 Å². The van der Waals surface area contributed by atoms with Crippen molar-refractivity contribution in [1.82, 2.24) is 16.2 Å². The highest BCUT2D eigenvalue weighted by atomic mass is 16.2. The third kappa shape index (κ3) is 5.17. The highest BCUT2D eigenvalue weighted by Crippen LogP contribution is 2.04. The van der Waals surface area contributed by atoms with Crippen LogP contribution in [0.3, 0.4) is 0 Å². The van der Waals surface area contributed by atoms with E-state index in [9.17, 15) is 14.4 Å². The van der Waals surface area contributed by atoms with Gasteiger partial charge in [-0.1, -0.05) is 35.4 Å². The van der Waals surface area contributed by atoms with Gasteiger partial charge in [0.1, 0.15) is 6.04 Å². The maximum absolute atomic E-state index is 12.1. The molecule has 0 aliphatic rings. The van der Waals surface area contributed by atoms with Gasteiger partial charge in [-0.15, -0.1) is 0 Å². The molecule has 0 bridgehead atoms. The third-order valence-electron chi connectivity index (χ3n) is 3.63. The van der Waals surface area contributed by atoms with Crippen LogP contribution < -0.4 is 16.2 Å². The number of benzene rings is 2. The van der Waals surface area contributed by atoms with Crippen molar-refractivity contribution in [1.29, 1.82) is 0 Å². The summed E-state index contributed by atoms with van der Waals surface area (Å²) in [5.41, 5.74) is 7.54. The van der Waals surface area contributed by atoms with E-state index in [1.807, 2.05) is 19.9 Å². The van der Waals surface area contributed by atoms with Crippen LogP contribution in [0.4, 0.5) is 0 Å². The van der Waals surface area contributed by atoms with Gasteiger partial charge in [0.2, 0.25) is 0 Å². The van der Waals surface area contributed by atoms with Gasteiger partial charge < -0.3 is 5.32 Å². The Morgan fingerprint density at radius 1 is 0.800 bits per heavy atom. The van der Waals surface area contributed by atoms with E-state index in [1.54, 1.807) is 49.4 Å². The molecule has 0 aliphatic carbocycles. The Bertz CT molecular complexity index is 785. The van der Waals surface area contributed by atoms with Crippen LogP contribution in [0, 0.1) is 13.8 Å². The third-order valence-corrected chi connectivity index (χ3v) is 3.63. The molecule has 0 unspecified atom stereocenters. The summed E-state index contributed by atoms with van der Waals surface area (Å²) in [6.07, 6.45) is 0. The fraction of sp³-hybridized carbons (Fsp3) is 0.211. The molecule has 6 heteroatoms. The lowest BCUT2D eigenvalue weighted by molar-refractivity contribution is -0.123. The molecular formula is C19H21N3O3. The topological polar surface area (TPSA) is 87.3 Å². The summed E-state index contributed by atoms with van der Waals surface area (Å²) < 4.78 is 0. The molecule has 0 aromatic heterocycles. The Kier molecular flexibility index (Phi) is 5.89. The van der Waals surface area contributed by atoms with E-state index in [-0.39, 0.29) is 5.91 Å². The average molecular weight is 339 g/mol. The molecule has 2 rings (SSSR count). The second kappa shape index (κ2) is 8.10. The molecular weight excluding hydrogens is 318 g/mol. The van der Waals surface area contributed by atoms with Crippen LogP contribution in [0.1, 0.15) is 38.8 Å². The van der Waals surface area contributed by atoms with Gasteiger partial charge in [0.25, 0.3) is 17.7 Å². The molecule has 0 spiro atoms. The van der Waals surface area contributed by atoms with Gasteiger partial charge in [0, 0.05) is 11.1 Å². The Hall–Kier alpha value is -3.15. The molecule has 6 nitrogen and oxygen atoms in total. The molecule has 2 aromatic carbocycles. The number of carbonyl (C=O) groups is 3. The van der Waals surface area contributed by atoms with Crippen molar-refractivity contribution >= 4 is 17.7 Å². The summed E-state index contributed by atoms with van der Waals surface area (Å²) in [5, 5.41) is 2.59. The standard InChI is InChI=1S/C19H21N3O3/c1-12-7-9-15(10-8-12)19(25)22-21-17(23)14(3)20-18(24)16-6-4-5-13(2)11-16/h4-11,14H,1-3H3,(H,20,24)(H,21,23)(H,22,25)/t14-/m0/s1. The van der Waals surface area contributed by atoms with Crippen LogP contribution in [-0.4, -0.2) is 23.8 Å². The van der Waals surface area contributed by atoms with Gasteiger partial charge in [-0.3, -0.25) is 25.2 Å². The van der Waals surface area contributed by atoms with E-state index in [0.29, 0.717) is 11.1 Å². The first-order chi connectivity index (χ1) is 11.9. The highest BCUT2D eigenvalue weighted by Gasteiger charge is 2.17. The van der Waals surface area contributed by atoms with Crippen molar-refractivity contribution in [2.75, 3.05) is 0 Å². The Balaban J connectivity index is 1.86. The van der Waals surface area contributed by atoms with Crippen molar-refractivity contribution in [3.05, 3.63) is 70.8 Å². The van der Waals surface area contributed by atoms with Gasteiger partial charge >= 0.3 is 0 Å². The summed E-state index contributed by atoms with van der Waals surface area (Å²) in [6.45, 7) is 5.34. The molecule has 0 aliphatic heterocycles. The number of hydrazine groups is 1. The monoisotopic (exact) mass is 339 g/mol. The molecule has 3 N–H and O–H groups in total. The van der Waals surface area contributed by atoms with E-state index >= 15 is 0 Å².